The monoisotopic (exact) mass is 163 g/mol. The van der Waals surface area contributed by atoms with E-state index in [0.29, 0.717) is 0 Å². The predicted octanol–water partition coefficient (Wildman–Crippen LogP) is 2.10. The van der Waals surface area contributed by atoms with Gasteiger partial charge >= 0.3 is 0 Å². The van der Waals surface area contributed by atoms with Crippen molar-refractivity contribution >= 4 is 11.0 Å². The molecule has 1 aromatic carbocycles. The van der Waals surface area contributed by atoms with Crippen LogP contribution in [-0.2, 0) is 6.42 Å². The number of aromatic hydroxyl groups is 1. The highest BCUT2D eigenvalue weighted by molar-refractivity contribution is 5.80. The Balaban J connectivity index is 2.75. The number of hydrogen-bond donors (Lipinski definition) is 1. The van der Waals surface area contributed by atoms with Gasteiger partial charge in [-0.15, -0.1) is 0 Å². The summed E-state index contributed by atoms with van der Waals surface area (Å²) in [6.07, 6.45) is 0.816. The lowest BCUT2D eigenvalue weighted by molar-refractivity contribution is 0.446. The van der Waals surface area contributed by atoms with Gasteiger partial charge < -0.3 is 9.63 Å². The van der Waals surface area contributed by atoms with E-state index in [1.165, 1.54) is 0 Å². The lowest BCUT2D eigenvalue weighted by Crippen LogP contribution is -1.77. The van der Waals surface area contributed by atoms with Crippen LogP contribution >= 0.6 is 0 Å². The topological polar surface area (TPSA) is 46.3 Å². The van der Waals surface area contributed by atoms with Crippen LogP contribution in [0, 0.1) is 0 Å². The molecule has 0 saturated heterocycles. The van der Waals surface area contributed by atoms with Crippen LogP contribution in [0.3, 0.4) is 0 Å². The molecule has 2 rings (SSSR count). The van der Waals surface area contributed by atoms with E-state index < -0.39 is 0 Å². The summed E-state index contributed by atoms with van der Waals surface area (Å²) in [5, 5.41) is 14.0. The molecular formula is C9H9NO2. The van der Waals surface area contributed by atoms with Crippen molar-refractivity contribution in [1.82, 2.24) is 5.16 Å². The number of aromatic nitrogens is 1. The minimum Gasteiger partial charge on any atom is -0.508 e. The highest BCUT2D eigenvalue weighted by Crippen LogP contribution is 2.22. The summed E-state index contributed by atoms with van der Waals surface area (Å²) < 4.78 is 5.03. The van der Waals surface area contributed by atoms with E-state index >= 15 is 0 Å². The van der Waals surface area contributed by atoms with Crippen molar-refractivity contribution in [2.24, 2.45) is 0 Å². The van der Waals surface area contributed by atoms with E-state index in [0.717, 1.165) is 23.1 Å². The van der Waals surface area contributed by atoms with E-state index in [4.69, 9.17) is 4.52 Å². The first-order valence-electron chi connectivity index (χ1n) is 3.88. The minimum atomic E-state index is 0.250. The van der Waals surface area contributed by atoms with Crippen molar-refractivity contribution in [1.29, 1.82) is 0 Å². The van der Waals surface area contributed by atoms with E-state index in [2.05, 4.69) is 5.16 Å². The zero-order valence-corrected chi connectivity index (χ0v) is 6.74. The van der Waals surface area contributed by atoms with Crippen LogP contribution < -0.4 is 0 Å². The molecule has 2 aromatic rings. The van der Waals surface area contributed by atoms with Gasteiger partial charge in [0.05, 0.1) is 5.69 Å². The second-order valence-corrected chi connectivity index (χ2v) is 2.66. The fraction of sp³-hybridized carbons (Fsp3) is 0.222. The first-order valence-corrected chi connectivity index (χ1v) is 3.88. The minimum absolute atomic E-state index is 0.250. The number of benzene rings is 1. The summed E-state index contributed by atoms with van der Waals surface area (Å²) in [6.45, 7) is 2.00. The zero-order valence-electron chi connectivity index (χ0n) is 6.74. The third kappa shape index (κ3) is 0.942. The second-order valence-electron chi connectivity index (χ2n) is 2.66. The number of nitrogens with zero attached hydrogens (tertiary/aromatic N) is 1. The predicted molar refractivity (Wildman–Crippen MR) is 45.1 cm³/mol. The van der Waals surface area contributed by atoms with Gasteiger partial charge in [0, 0.05) is 5.39 Å². The Morgan fingerprint density at radius 1 is 1.50 bits per heavy atom. The molecular weight excluding hydrogens is 154 g/mol. The number of aryl methyl sites for hydroxylation is 1. The number of fused-ring (bicyclic) bond motifs is 1. The third-order valence-corrected chi connectivity index (χ3v) is 1.86. The number of rotatable bonds is 1. The molecule has 62 valence electrons. The standard InChI is InChI=1S/C9H9NO2/c1-2-8-7-5-6(11)3-4-9(7)12-10-8/h3-5,11H,2H2,1H3. The molecule has 0 spiro atoms. The largest absolute Gasteiger partial charge is 0.508 e. The van der Waals surface area contributed by atoms with E-state index in [9.17, 15) is 5.11 Å². The molecule has 1 N–H and O–H groups in total. The van der Waals surface area contributed by atoms with Gasteiger partial charge in [-0.3, -0.25) is 0 Å². The third-order valence-electron chi connectivity index (χ3n) is 1.86. The van der Waals surface area contributed by atoms with Crippen LogP contribution in [0.15, 0.2) is 22.7 Å². The fourth-order valence-electron chi connectivity index (χ4n) is 1.23. The molecule has 0 amide bonds. The summed E-state index contributed by atoms with van der Waals surface area (Å²) in [4.78, 5) is 0. The highest BCUT2D eigenvalue weighted by atomic mass is 16.5. The van der Waals surface area contributed by atoms with E-state index in [1.54, 1.807) is 18.2 Å². The molecule has 0 fully saturated rings. The molecule has 3 nitrogen and oxygen atoms in total. The van der Waals surface area contributed by atoms with Crippen LogP contribution in [0.2, 0.25) is 0 Å². The van der Waals surface area contributed by atoms with Crippen molar-refractivity contribution in [3.8, 4) is 5.75 Å². The molecule has 12 heavy (non-hydrogen) atoms. The highest BCUT2D eigenvalue weighted by Gasteiger charge is 2.05. The van der Waals surface area contributed by atoms with Crippen LogP contribution in [-0.4, -0.2) is 10.3 Å². The first kappa shape index (κ1) is 7.16. The average Bonchev–Trinajstić information content (AvgIpc) is 2.46. The Morgan fingerprint density at radius 2 is 2.33 bits per heavy atom. The Hall–Kier alpha value is -1.51. The number of phenols is 1. The Bertz CT molecular complexity index is 406. The SMILES string of the molecule is CCc1noc2ccc(O)cc12. The molecule has 0 aliphatic heterocycles. The van der Waals surface area contributed by atoms with Gasteiger partial charge in [-0.1, -0.05) is 12.1 Å². The van der Waals surface area contributed by atoms with E-state index in [-0.39, 0.29) is 5.75 Å². The summed E-state index contributed by atoms with van der Waals surface area (Å²) in [5.41, 5.74) is 1.62. The molecule has 1 aromatic heterocycles. The number of phenolic OH excluding ortho intramolecular Hbond substituents is 1. The molecule has 0 aliphatic rings. The summed E-state index contributed by atoms with van der Waals surface area (Å²) in [7, 11) is 0. The zero-order chi connectivity index (χ0) is 8.55. The normalized spacial score (nSPS) is 10.8. The molecule has 1 heterocycles. The first-order chi connectivity index (χ1) is 5.81. The van der Waals surface area contributed by atoms with Crippen molar-refractivity contribution in [3.05, 3.63) is 23.9 Å². The fourth-order valence-corrected chi connectivity index (χ4v) is 1.23. The lowest BCUT2D eigenvalue weighted by Gasteiger charge is -1.90. The maximum Gasteiger partial charge on any atom is 0.167 e. The van der Waals surface area contributed by atoms with Gasteiger partial charge in [0.2, 0.25) is 0 Å². The molecule has 0 saturated carbocycles. The lowest BCUT2D eigenvalue weighted by atomic mass is 10.2. The summed E-state index contributed by atoms with van der Waals surface area (Å²) >= 11 is 0. The Morgan fingerprint density at radius 3 is 3.08 bits per heavy atom. The number of hydrogen-bond acceptors (Lipinski definition) is 3. The summed E-state index contributed by atoms with van der Waals surface area (Å²) in [5.74, 6) is 0.250. The Labute approximate surface area is 69.6 Å². The van der Waals surface area contributed by atoms with Crippen molar-refractivity contribution in [2.45, 2.75) is 13.3 Å². The maximum atomic E-state index is 9.20. The van der Waals surface area contributed by atoms with Gasteiger partial charge in [0.15, 0.2) is 5.58 Å². The van der Waals surface area contributed by atoms with Crippen LogP contribution in [0.4, 0.5) is 0 Å². The van der Waals surface area contributed by atoms with Gasteiger partial charge in [0.25, 0.3) is 0 Å². The summed E-state index contributed by atoms with van der Waals surface area (Å²) in [6, 6.07) is 4.98. The molecule has 0 atom stereocenters. The van der Waals surface area contributed by atoms with Gasteiger partial charge in [0.1, 0.15) is 5.75 Å². The molecule has 0 unspecified atom stereocenters. The van der Waals surface area contributed by atoms with Crippen LogP contribution in [0.1, 0.15) is 12.6 Å². The van der Waals surface area contributed by atoms with Crippen molar-refractivity contribution < 1.29 is 9.63 Å². The quantitative estimate of drug-likeness (QED) is 0.700. The van der Waals surface area contributed by atoms with Crippen molar-refractivity contribution in [2.75, 3.05) is 0 Å². The molecule has 0 radical (unpaired) electrons. The van der Waals surface area contributed by atoms with Gasteiger partial charge in [-0.05, 0) is 24.6 Å². The second kappa shape index (κ2) is 2.52. The van der Waals surface area contributed by atoms with Crippen molar-refractivity contribution in [3.63, 3.8) is 0 Å². The smallest absolute Gasteiger partial charge is 0.167 e. The maximum absolute atomic E-state index is 9.20. The average molecular weight is 163 g/mol. The Kier molecular flexibility index (Phi) is 1.50. The van der Waals surface area contributed by atoms with Gasteiger partial charge in [-0.2, -0.15) is 0 Å². The van der Waals surface area contributed by atoms with E-state index in [1.807, 2.05) is 6.92 Å². The molecule has 3 heteroatoms. The van der Waals surface area contributed by atoms with Crippen LogP contribution in [0.5, 0.6) is 5.75 Å². The van der Waals surface area contributed by atoms with Crippen LogP contribution in [0.25, 0.3) is 11.0 Å². The van der Waals surface area contributed by atoms with Gasteiger partial charge in [-0.25, -0.2) is 0 Å². The molecule has 0 aliphatic carbocycles. The molecule has 0 bridgehead atoms.